The Labute approximate surface area is 150 Å². The highest BCUT2D eigenvalue weighted by molar-refractivity contribution is 5.81. The van der Waals surface area contributed by atoms with Gasteiger partial charge in [0.1, 0.15) is 12.7 Å². The minimum absolute atomic E-state index is 0.0887. The Morgan fingerprint density at radius 1 is 1.36 bits per heavy atom. The fourth-order valence-corrected chi connectivity index (χ4v) is 4.05. The monoisotopic (exact) mass is 345 g/mol. The van der Waals surface area contributed by atoms with Crippen LogP contribution in [0.25, 0.3) is 0 Å². The summed E-state index contributed by atoms with van der Waals surface area (Å²) in [5, 5.41) is 7.37. The number of carbonyl (C=O) groups excluding carboxylic acids is 1. The van der Waals surface area contributed by atoms with Gasteiger partial charge in [-0.25, -0.2) is 4.98 Å². The maximum absolute atomic E-state index is 12.6. The predicted molar refractivity (Wildman–Crippen MR) is 98.0 cm³/mol. The summed E-state index contributed by atoms with van der Waals surface area (Å²) in [6, 6.07) is 0.270. The molecule has 6 nitrogen and oxygen atoms in total. The van der Waals surface area contributed by atoms with Crippen molar-refractivity contribution >= 4 is 5.91 Å². The van der Waals surface area contributed by atoms with E-state index in [0.29, 0.717) is 6.04 Å². The number of nitrogens with zero attached hydrogens (tertiary/aromatic N) is 4. The van der Waals surface area contributed by atoms with Gasteiger partial charge in [-0.2, -0.15) is 5.10 Å². The number of hydrogen-bond acceptors (Lipinski definition) is 4. The Bertz CT molecular complexity index is 568. The lowest BCUT2D eigenvalue weighted by Crippen LogP contribution is -2.53. The maximum atomic E-state index is 12.6. The van der Waals surface area contributed by atoms with E-state index in [9.17, 15) is 4.79 Å². The third-order valence-corrected chi connectivity index (χ3v) is 5.54. The first-order chi connectivity index (χ1) is 12.2. The van der Waals surface area contributed by atoms with E-state index in [1.54, 1.807) is 12.7 Å². The first-order valence-corrected chi connectivity index (χ1v) is 9.78. The Balaban J connectivity index is 1.49. The van der Waals surface area contributed by atoms with Crippen LogP contribution in [0.15, 0.2) is 24.3 Å². The lowest BCUT2D eigenvalue weighted by Gasteiger charge is -2.39. The number of piperidine rings is 1. The number of allylic oxidation sites excluding steroid dienone is 1. The zero-order valence-electron chi connectivity index (χ0n) is 15.4. The minimum Gasteiger partial charge on any atom is -0.354 e. The van der Waals surface area contributed by atoms with Crippen molar-refractivity contribution in [3.63, 3.8) is 0 Å². The van der Waals surface area contributed by atoms with Gasteiger partial charge >= 0.3 is 0 Å². The predicted octanol–water partition coefficient (Wildman–Crippen LogP) is 2.53. The van der Waals surface area contributed by atoms with Gasteiger partial charge in [0.2, 0.25) is 5.91 Å². The van der Waals surface area contributed by atoms with Crippen molar-refractivity contribution in [1.29, 1.82) is 0 Å². The summed E-state index contributed by atoms with van der Waals surface area (Å²) in [5.41, 5.74) is 1.52. The number of carbonyl (C=O) groups is 1. The van der Waals surface area contributed by atoms with Crippen LogP contribution in [0, 0.1) is 0 Å². The molecule has 2 heterocycles. The normalized spacial score (nSPS) is 23.1. The Hall–Kier alpha value is -1.69. The molecule has 1 aliphatic heterocycles. The number of hydrogen-bond donors (Lipinski definition) is 1. The molecule has 0 bridgehead atoms. The zero-order chi connectivity index (χ0) is 17.5. The zero-order valence-corrected chi connectivity index (χ0v) is 15.4. The van der Waals surface area contributed by atoms with E-state index in [-0.39, 0.29) is 11.9 Å². The van der Waals surface area contributed by atoms with Crippen LogP contribution in [0.5, 0.6) is 0 Å². The van der Waals surface area contributed by atoms with Gasteiger partial charge in [-0.1, -0.05) is 18.1 Å². The van der Waals surface area contributed by atoms with Crippen molar-refractivity contribution in [2.75, 3.05) is 13.1 Å². The number of amides is 1. The number of likely N-dealkylation sites (tertiary alicyclic amines) is 1. The van der Waals surface area contributed by atoms with Gasteiger partial charge < -0.3 is 5.32 Å². The average Bonchev–Trinajstić information content (AvgIpc) is 3.15. The van der Waals surface area contributed by atoms with Crippen LogP contribution in [-0.4, -0.2) is 50.7 Å². The van der Waals surface area contributed by atoms with Crippen LogP contribution in [0.3, 0.4) is 0 Å². The molecule has 2 atom stereocenters. The Morgan fingerprint density at radius 2 is 2.28 bits per heavy atom. The van der Waals surface area contributed by atoms with Crippen LogP contribution in [0.1, 0.15) is 58.3 Å². The summed E-state index contributed by atoms with van der Waals surface area (Å²) in [6.45, 7) is 4.59. The topological polar surface area (TPSA) is 63.1 Å². The van der Waals surface area contributed by atoms with Crippen molar-refractivity contribution in [3.05, 3.63) is 24.3 Å². The smallest absolute Gasteiger partial charge is 0.237 e. The van der Waals surface area contributed by atoms with Gasteiger partial charge in [-0.05, 0) is 58.4 Å². The van der Waals surface area contributed by atoms with Crippen LogP contribution in [0.4, 0.5) is 0 Å². The molecule has 1 aromatic rings. The van der Waals surface area contributed by atoms with Crippen LogP contribution < -0.4 is 5.32 Å². The van der Waals surface area contributed by atoms with Crippen molar-refractivity contribution in [2.45, 2.75) is 76.9 Å². The molecule has 25 heavy (non-hydrogen) atoms. The SMILES string of the molecule is C[C@H](C(=O)NCCC1=CCCCC1)N1CCCC[C@@H]1Cn1cncn1. The molecule has 1 aromatic heterocycles. The maximum Gasteiger partial charge on any atom is 0.237 e. The third-order valence-electron chi connectivity index (χ3n) is 5.54. The van der Waals surface area contributed by atoms with Crippen LogP contribution in [-0.2, 0) is 11.3 Å². The second-order valence-corrected chi connectivity index (χ2v) is 7.33. The molecule has 138 valence electrons. The van der Waals surface area contributed by atoms with E-state index in [4.69, 9.17) is 0 Å². The van der Waals surface area contributed by atoms with Crippen molar-refractivity contribution in [2.24, 2.45) is 0 Å². The van der Waals surface area contributed by atoms with E-state index in [2.05, 4.69) is 26.4 Å². The highest BCUT2D eigenvalue weighted by atomic mass is 16.2. The summed E-state index contributed by atoms with van der Waals surface area (Å²) >= 11 is 0. The van der Waals surface area contributed by atoms with E-state index >= 15 is 0 Å². The first kappa shape index (κ1) is 18.1. The fourth-order valence-electron chi connectivity index (χ4n) is 4.05. The molecular formula is C19H31N5O. The van der Waals surface area contributed by atoms with Gasteiger partial charge in [0.15, 0.2) is 0 Å². The molecule has 2 aliphatic rings. The summed E-state index contributed by atoms with van der Waals surface area (Å²) in [6.07, 6.45) is 15.2. The molecule has 1 N–H and O–H groups in total. The van der Waals surface area contributed by atoms with Crippen molar-refractivity contribution in [3.8, 4) is 0 Å². The molecule has 6 heteroatoms. The summed E-state index contributed by atoms with van der Waals surface area (Å²) in [7, 11) is 0. The standard InChI is InChI=1S/C19H31N5O/c1-16(19(25)21-11-10-17-7-3-2-4-8-17)24-12-6-5-9-18(24)13-23-15-20-14-22-23/h7,14-16,18H,2-6,8-13H2,1H3,(H,21,25)/t16-,18-/m1/s1. The second-order valence-electron chi connectivity index (χ2n) is 7.33. The molecule has 1 amide bonds. The van der Waals surface area contributed by atoms with E-state index in [1.807, 2.05) is 11.6 Å². The van der Waals surface area contributed by atoms with Crippen molar-refractivity contribution < 1.29 is 4.79 Å². The Kier molecular flexibility index (Phi) is 6.62. The summed E-state index contributed by atoms with van der Waals surface area (Å²) in [4.78, 5) is 19.0. The lowest BCUT2D eigenvalue weighted by molar-refractivity contribution is -0.127. The first-order valence-electron chi connectivity index (χ1n) is 9.78. The van der Waals surface area contributed by atoms with Gasteiger partial charge in [0.25, 0.3) is 0 Å². The molecule has 0 unspecified atom stereocenters. The molecule has 0 saturated carbocycles. The molecule has 1 fully saturated rings. The summed E-state index contributed by atoms with van der Waals surface area (Å²) < 4.78 is 1.88. The van der Waals surface area contributed by atoms with E-state index < -0.39 is 0 Å². The number of nitrogens with one attached hydrogen (secondary N) is 1. The second kappa shape index (κ2) is 9.13. The Morgan fingerprint density at radius 3 is 3.04 bits per heavy atom. The van der Waals surface area contributed by atoms with Crippen LogP contribution >= 0.6 is 0 Å². The van der Waals surface area contributed by atoms with Gasteiger partial charge in [-0.3, -0.25) is 14.4 Å². The molecular weight excluding hydrogens is 314 g/mol. The third kappa shape index (κ3) is 5.14. The number of rotatable bonds is 7. The molecule has 0 spiro atoms. The molecule has 1 saturated heterocycles. The van der Waals surface area contributed by atoms with Gasteiger partial charge in [0, 0.05) is 12.6 Å². The molecule has 0 aromatic carbocycles. The molecule has 1 aliphatic carbocycles. The molecule has 0 radical (unpaired) electrons. The average molecular weight is 345 g/mol. The van der Waals surface area contributed by atoms with Gasteiger partial charge in [0.05, 0.1) is 12.6 Å². The largest absolute Gasteiger partial charge is 0.354 e. The molecule has 3 rings (SSSR count). The highest BCUT2D eigenvalue weighted by Gasteiger charge is 2.30. The number of aromatic nitrogens is 3. The van der Waals surface area contributed by atoms with Crippen molar-refractivity contribution in [1.82, 2.24) is 25.0 Å². The highest BCUT2D eigenvalue weighted by Crippen LogP contribution is 2.22. The fraction of sp³-hybridized carbons (Fsp3) is 0.737. The lowest BCUT2D eigenvalue weighted by atomic mass is 9.97. The summed E-state index contributed by atoms with van der Waals surface area (Å²) in [5.74, 6) is 0.155. The van der Waals surface area contributed by atoms with E-state index in [0.717, 1.165) is 32.5 Å². The van der Waals surface area contributed by atoms with Crippen LogP contribution in [0.2, 0.25) is 0 Å². The van der Waals surface area contributed by atoms with E-state index in [1.165, 1.54) is 44.1 Å². The minimum atomic E-state index is -0.0887. The quantitative estimate of drug-likeness (QED) is 0.772. The van der Waals surface area contributed by atoms with Gasteiger partial charge in [-0.15, -0.1) is 0 Å².